The van der Waals surface area contributed by atoms with Crippen LogP contribution in [0.15, 0.2) is 48.5 Å². The maximum atomic E-state index is 12.9. The Kier molecular flexibility index (Phi) is 10.2. The van der Waals surface area contributed by atoms with Gasteiger partial charge in [-0.05, 0) is 84.7 Å². The Morgan fingerprint density at radius 1 is 0.629 bits per heavy atom. The summed E-state index contributed by atoms with van der Waals surface area (Å²) in [5.41, 5.74) is 1.78. The predicted molar refractivity (Wildman–Crippen MR) is 130 cm³/mol. The maximum absolute atomic E-state index is 12.9. The molecule has 0 unspecified atom stereocenters. The smallest absolute Gasteiger partial charge is 0.123 e. The molecule has 0 radical (unpaired) electrons. The topological polar surface area (TPSA) is 101 Å². The van der Waals surface area contributed by atoms with Gasteiger partial charge in [-0.3, -0.25) is 0 Å². The highest BCUT2D eigenvalue weighted by molar-refractivity contribution is 5.24. The molecule has 5 N–H and O–H groups in total. The van der Waals surface area contributed by atoms with Gasteiger partial charge in [0.15, 0.2) is 0 Å². The van der Waals surface area contributed by atoms with Gasteiger partial charge in [0.05, 0.1) is 12.2 Å². The number of hydrogen-bond acceptors (Lipinski definition) is 5. The average molecular weight is 493 g/mol. The summed E-state index contributed by atoms with van der Waals surface area (Å²) in [6.07, 6.45) is 1.94. The highest BCUT2D eigenvalue weighted by Gasteiger charge is 2.39. The van der Waals surface area contributed by atoms with Crippen molar-refractivity contribution in [3.63, 3.8) is 0 Å². The van der Waals surface area contributed by atoms with Gasteiger partial charge in [-0.2, -0.15) is 0 Å². The van der Waals surface area contributed by atoms with Crippen molar-refractivity contribution in [2.45, 2.75) is 56.7 Å². The molecule has 0 bridgehead atoms. The van der Waals surface area contributed by atoms with Gasteiger partial charge in [-0.15, -0.1) is 0 Å². The highest BCUT2D eigenvalue weighted by Crippen LogP contribution is 2.42. The van der Waals surface area contributed by atoms with Gasteiger partial charge in [0.1, 0.15) is 11.6 Å². The first-order valence-electron chi connectivity index (χ1n) is 12.5. The molecule has 2 aliphatic carbocycles. The lowest BCUT2D eigenvalue weighted by molar-refractivity contribution is -0.00267. The van der Waals surface area contributed by atoms with Gasteiger partial charge in [0, 0.05) is 31.7 Å². The molecular formula is C28H38F2O5. The van der Waals surface area contributed by atoms with Crippen LogP contribution < -0.4 is 0 Å². The Balaban J connectivity index is 0.000000196. The molecule has 0 saturated heterocycles. The Labute approximate surface area is 206 Å². The van der Waals surface area contributed by atoms with Crippen LogP contribution in [-0.2, 0) is 0 Å². The SMILES string of the molecule is C[C@@H]1[C@@H](CO)CC[C@H](O)[C@H]1c1ccc(F)cc1.OC[C@H]1CC[C@H](O)[C@@H](c2ccc(F)cc2)[C@@H]1CO. The molecule has 2 aliphatic rings. The molecule has 5 nitrogen and oxygen atoms in total. The first-order valence-corrected chi connectivity index (χ1v) is 12.5. The zero-order valence-corrected chi connectivity index (χ0v) is 20.2. The third-order valence-corrected chi connectivity index (χ3v) is 8.06. The number of aliphatic hydroxyl groups excluding tert-OH is 5. The van der Waals surface area contributed by atoms with Crippen LogP contribution in [0.1, 0.15) is 55.6 Å². The lowest BCUT2D eigenvalue weighted by atomic mass is 9.68. The second kappa shape index (κ2) is 12.9. The average Bonchev–Trinajstić information content (AvgIpc) is 2.86. The molecule has 0 amide bonds. The number of aliphatic hydroxyl groups is 5. The Morgan fingerprint density at radius 2 is 1.06 bits per heavy atom. The molecule has 2 aromatic rings. The van der Waals surface area contributed by atoms with Crippen molar-refractivity contribution in [3.8, 4) is 0 Å². The van der Waals surface area contributed by atoms with E-state index in [9.17, 15) is 34.3 Å². The second-order valence-corrected chi connectivity index (χ2v) is 10.0. The number of benzene rings is 2. The van der Waals surface area contributed by atoms with Crippen LogP contribution in [0.25, 0.3) is 0 Å². The van der Waals surface area contributed by atoms with Gasteiger partial charge in [-0.1, -0.05) is 31.2 Å². The van der Waals surface area contributed by atoms with Crippen LogP contribution in [0.2, 0.25) is 0 Å². The summed E-state index contributed by atoms with van der Waals surface area (Å²) in [7, 11) is 0. The molecule has 2 fully saturated rings. The fraction of sp³-hybridized carbons (Fsp3) is 0.571. The van der Waals surface area contributed by atoms with E-state index in [0.29, 0.717) is 19.3 Å². The van der Waals surface area contributed by atoms with E-state index in [4.69, 9.17) is 0 Å². The Hall–Kier alpha value is -1.90. The molecule has 0 aromatic heterocycles. The first-order chi connectivity index (χ1) is 16.8. The zero-order valence-electron chi connectivity index (χ0n) is 20.2. The lowest BCUT2D eigenvalue weighted by Crippen LogP contribution is -2.39. The normalized spacial score (nSPS) is 33.0. The Morgan fingerprint density at radius 3 is 1.51 bits per heavy atom. The highest BCUT2D eigenvalue weighted by atomic mass is 19.1. The van der Waals surface area contributed by atoms with Crippen molar-refractivity contribution in [1.29, 1.82) is 0 Å². The van der Waals surface area contributed by atoms with E-state index in [2.05, 4.69) is 6.92 Å². The molecular weight excluding hydrogens is 454 g/mol. The number of halogens is 2. The predicted octanol–water partition coefficient (Wildman–Crippen LogP) is 3.59. The molecule has 8 atom stereocenters. The van der Waals surface area contributed by atoms with E-state index in [0.717, 1.165) is 17.5 Å². The lowest BCUT2D eigenvalue weighted by Gasteiger charge is -2.40. The molecule has 4 rings (SSSR count). The summed E-state index contributed by atoms with van der Waals surface area (Å²) >= 11 is 0. The van der Waals surface area contributed by atoms with Gasteiger partial charge in [-0.25, -0.2) is 8.78 Å². The minimum absolute atomic E-state index is 0.00139. The van der Waals surface area contributed by atoms with Crippen molar-refractivity contribution in [1.82, 2.24) is 0 Å². The monoisotopic (exact) mass is 492 g/mol. The van der Waals surface area contributed by atoms with Crippen LogP contribution in [0.5, 0.6) is 0 Å². The van der Waals surface area contributed by atoms with E-state index in [1.807, 2.05) is 0 Å². The standard InChI is InChI=1S/C14H19FO3.C14H19FO2/c15-11-4-1-9(2-5-11)14-12(8-17)10(7-16)3-6-13(14)18;1-9-11(8-16)4-7-13(17)14(9)10-2-5-12(15)6-3-10/h1-2,4-5,10,12-14,16-18H,3,6-8H2;2-3,5-6,9,11,13-14,16-17H,4,7-8H2,1H3/t10-,12-,13+,14+;9-,11-,13+,14-/m11/s1. The van der Waals surface area contributed by atoms with Gasteiger partial charge in [0.2, 0.25) is 0 Å². The molecule has 0 heterocycles. The van der Waals surface area contributed by atoms with Crippen molar-refractivity contribution in [3.05, 3.63) is 71.3 Å². The molecule has 0 aliphatic heterocycles. The van der Waals surface area contributed by atoms with E-state index in [-0.39, 0.29) is 67.0 Å². The van der Waals surface area contributed by atoms with Crippen LogP contribution in [0, 0.1) is 35.3 Å². The summed E-state index contributed by atoms with van der Waals surface area (Å²) in [5, 5.41) is 48.4. The summed E-state index contributed by atoms with van der Waals surface area (Å²) in [6.45, 7) is 2.14. The molecule has 0 spiro atoms. The number of rotatable bonds is 5. The minimum atomic E-state index is -0.546. The molecule has 2 aromatic carbocycles. The summed E-state index contributed by atoms with van der Waals surface area (Å²) in [5.74, 6) is -0.544. The largest absolute Gasteiger partial charge is 0.396 e. The van der Waals surface area contributed by atoms with Crippen molar-refractivity contribution in [2.24, 2.45) is 23.7 Å². The molecule has 7 heteroatoms. The van der Waals surface area contributed by atoms with E-state index >= 15 is 0 Å². The second-order valence-electron chi connectivity index (χ2n) is 10.0. The molecule has 194 valence electrons. The van der Waals surface area contributed by atoms with Crippen LogP contribution >= 0.6 is 0 Å². The zero-order chi connectivity index (χ0) is 25.5. The maximum Gasteiger partial charge on any atom is 0.123 e. The van der Waals surface area contributed by atoms with Crippen molar-refractivity contribution < 1.29 is 34.3 Å². The third kappa shape index (κ3) is 6.66. The summed E-state index contributed by atoms with van der Waals surface area (Å²) < 4.78 is 25.8. The summed E-state index contributed by atoms with van der Waals surface area (Å²) in [6, 6.07) is 12.3. The first kappa shape index (κ1) is 27.7. The van der Waals surface area contributed by atoms with Crippen molar-refractivity contribution >= 4 is 0 Å². The third-order valence-electron chi connectivity index (χ3n) is 8.06. The Bertz CT molecular complexity index is 891. The quantitative estimate of drug-likeness (QED) is 0.439. The van der Waals surface area contributed by atoms with E-state index in [1.165, 1.54) is 24.3 Å². The fourth-order valence-corrected chi connectivity index (χ4v) is 5.94. The summed E-state index contributed by atoms with van der Waals surface area (Å²) in [4.78, 5) is 0. The fourth-order valence-electron chi connectivity index (χ4n) is 5.94. The van der Waals surface area contributed by atoms with Crippen LogP contribution in [0.3, 0.4) is 0 Å². The van der Waals surface area contributed by atoms with E-state index in [1.54, 1.807) is 24.3 Å². The molecule has 2 saturated carbocycles. The van der Waals surface area contributed by atoms with Crippen LogP contribution in [0.4, 0.5) is 8.78 Å². The van der Waals surface area contributed by atoms with Crippen LogP contribution in [-0.4, -0.2) is 57.6 Å². The minimum Gasteiger partial charge on any atom is -0.396 e. The van der Waals surface area contributed by atoms with Gasteiger partial charge in [0.25, 0.3) is 0 Å². The van der Waals surface area contributed by atoms with Gasteiger partial charge >= 0.3 is 0 Å². The van der Waals surface area contributed by atoms with Crippen molar-refractivity contribution in [2.75, 3.05) is 19.8 Å². The van der Waals surface area contributed by atoms with E-state index < -0.39 is 12.2 Å². The number of hydrogen-bond donors (Lipinski definition) is 5. The van der Waals surface area contributed by atoms with Gasteiger partial charge < -0.3 is 25.5 Å². The molecule has 35 heavy (non-hydrogen) atoms.